The van der Waals surface area contributed by atoms with Gasteiger partial charge in [-0.2, -0.15) is 13.2 Å². The third-order valence-electron chi connectivity index (χ3n) is 4.16. The third-order valence-corrected chi connectivity index (χ3v) is 5.14. The molecule has 8 heteroatoms. The Labute approximate surface area is 147 Å². The molecule has 0 N–H and O–H groups in total. The van der Waals surface area contributed by atoms with Gasteiger partial charge in [0.05, 0.1) is 11.3 Å². The van der Waals surface area contributed by atoms with Crippen LogP contribution in [-0.4, -0.2) is 39.6 Å². The number of rotatable bonds is 3. The zero-order chi connectivity index (χ0) is 18.0. The molecule has 0 unspecified atom stereocenters. The summed E-state index contributed by atoms with van der Waals surface area (Å²) in [5, 5.41) is 0.719. The molecule has 2 aromatic rings. The number of carbonyl (C=O) groups is 1. The van der Waals surface area contributed by atoms with Crippen molar-refractivity contribution in [1.29, 1.82) is 0 Å². The van der Waals surface area contributed by atoms with Crippen molar-refractivity contribution in [2.45, 2.75) is 31.0 Å². The summed E-state index contributed by atoms with van der Waals surface area (Å²) in [5.74, 6) is -0.703. The molecule has 0 spiro atoms. The molecule has 0 saturated carbocycles. The Balaban J connectivity index is 1.81. The largest absolute Gasteiger partial charge is 0.451 e. The van der Waals surface area contributed by atoms with Gasteiger partial charge in [0.25, 0.3) is 0 Å². The van der Waals surface area contributed by atoms with Crippen molar-refractivity contribution in [2.24, 2.45) is 5.92 Å². The van der Waals surface area contributed by atoms with Crippen molar-refractivity contribution in [3.63, 3.8) is 0 Å². The van der Waals surface area contributed by atoms with Gasteiger partial charge in [-0.25, -0.2) is 9.97 Å². The van der Waals surface area contributed by atoms with Gasteiger partial charge >= 0.3 is 6.18 Å². The highest BCUT2D eigenvalue weighted by Crippen LogP contribution is 2.32. The second-order valence-electron chi connectivity index (χ2n) is 6.24. The summed E-state index contributed by atoms with van der Waals surface area (Å²) < 4.78 is 39.1. The minimum absolute atomic E-state index is 0.0622. The molecule has 0 bridgehead atoms. The van der Waals surface area contributed by atoms with Crippen LogP contribution in [0.2, 0.25) is 0 Å². The van der Waals surface area contributed by atoms with Crippen LogP contribution in [0.4, 0.5) is 13.2 Å². The maximum absolute atomic E-state index is 13.0. The van der Waals surface area contributed by atoms with E-state index >= 15 is 0 Å². The van der Waals surface area contributed by atoms with Gasteiger partial charge in [-0.15, -0.1) is 0 Å². The smallest absolute Gasteiger partial charge is 0.342 e. The summed E-state index contributed by atoms with van der Waals surface area (Å²) >= 11 is 1.04. The molecule has 0 aliphatic carbocycles. The molecule has 25 heavy (non-hydrogen) atoms. The van der Waals surface area contributed by atoms with Gasteiger partial charge in [0, 0.05) is 18.5 Å². The third kappa shape index (κ3) is 4.23. The van der Waals surface area contributed by atoms with Crippen molar-refractivity contribution in [3.8, 4) is 0 Å². The van der Waals surface area contributed by atoms with E-state index in [1.165, 1.54) is 6.07 Å². The molecule has 1 fully saturated rings. The Kier molecular flexibility index (Phi) is 5.17. The number of carbonyl (C=O) groups excluding carboxylic acids is 1. The van der Waals surface area contributed by atoms with E-state index in [0.29, 0.717) is 24.4 Å². The Morgan fingerprint density at radius 2 is 2.08 bits per heavy atom. The maximum atomic E-state index is 13.0. The number of benzene rings is 1. The lowest BCUT2D eigenvalue weighted by Gasteiger charge is -2.30. The fourth-order valence-corrected chi connectivity index (χ4v) is 3.84. The predicted octanol–water partition coefficient (Wildman–Crippen LogP) is 4.00. The number of para-hydroxylation sites is 1. The number of piperidine rings is 1. The standard InChI is InChI=1S/C17H18F3N3OS/c1-11-5-4-8-23(9-11)14(24)10-25-15-12-6-2-3-7-13(12)21-16(22-15)17(18,19)20/h2-3,6-7,11H,4-5,8-10H2,1H3/t11-/m0/s1. The van der Waals surface area contributed by atoms with Crippen LogP contribution in [0.5, 0.6) is 0 Å². The van der Waals surface area contributed by atoms with Crippen LogP contribution in [0.15, 0.2) is 29.3 Å². The zero-order valence-electron chi connectivity index (χ0n) is 13.7. The summed E-state index contributed by atoms with van der Waals surface area (Å²) in [5.41, 5.74) is 0.228. The van der Waals surface area contributed by atoms with E-state index in [-0.39, 0.29) is 22.2 Å². The molecule has 0 radical (unpaired) electrons. The first-order valence-corrected chi connectivity index (χ1v) is 9.07. The second kappa shape index (κ2) is 7.19. The van der Waals surface area contributed by atoms with Crippen molar-refractivity contribution in [2.75, 3.05) is 18.8 Å². The molecular formula is C17H18F3N3OS. The van der Waals surface area contributed by atoms with Crippen LogP contribution in [0.3, 0.4) is 0 Å². The SMILES string of the molecule is C[C@H]1CCCN(C(=O)CSc2nc(C(F)(F)F)nc3ccccc23)C1. The highest BCUT2D eigenvalue weighted by Gasteiger charge is 2.35. The predicted molar refractivity (Wildman–Crippen MR) is 90.2 cm³/mol. The fraction of sp³-hybridized carbons (Fsp3) is 0.471. The molecular weight excluding hydrogens is 351 g/mol. The van der Waals surface area contributed by atoms with Crippen LogP contribution in [0.1, 0.15) is 25.6 Å². The summed E-state index contributed by atoms with van der Waals surface area (Å²) in [7, 11) is 0. The van der Waals surface area contributed by atoms with Gasteiger partial charge in [-0.3, -0.25) is 4.79 Å². The Hall–Kier alpha value is -1.83. The zero-order valence-corrected chi connectivity index (χ0v) is 14.5. The lowest BCUT2D eigenvalue weighted by atomic mass is 10.0. The Bertz CT molecular complexity index is 781. The number of hydrogen-bond acceptors (Lipinski definition) is 4. The molecule has 134 valence electrons. The molecule has 3 rings (SSSR count). The van der Waals surface area contributed by atoms with E-state index < -0.39 is 12.0 Å². The monoisotopic (exact) mass is 369 g/mol. The van der Waals surface area contributed by atoms with E-state index in [9.17, 15) is 18.0 Å². The van der Waals surface area contributed by atoms with Crippen molar-refractivity contribution in [1.82, 2.24) is 14.9 Å². The number of hydrogen-bond donors (Lipinski definition) is 0. The minimum atomic E-state index is -4.62. The van der Waals surface area contributed by atoms with E-state index in [2.05, 4.69) is 16.9 Å². The second-order valence-corrected chi connectivity index (χ2v) is 7.21. The van der Waals surface area contributed by atoms with Crippen LogP contribution < -0.4 is 0 Å². The summed E-state index contributed by atoms with van der Waals surface area (Å²) in [6.45, 7) is 3.51. The lowest BCUT2D eigenvalue weighted by molar-refractivity contribution is -0.145. The molecule has 4 nitrogen and oxygen atoms in total. The van der Waals surface area contributed by atoms with Crippen LogP contribution in [-0.2, 0) is 11.0 Å². The van der Waals surface area contributed by atoms with Gasteiger partial charge in [-0.05, 0) is 24.8 Å². The van der Waals surface area contributed by atoms with Gasteiger partial charge < -0.3 is 4.90 Å². The molecule has 1 aliphatic heterocycles. The van der Waals surface area contributed by atoms with E-state index in [0.717, 1.165) is 24.6 Å². The van der Waals surface area contributed by atoms with E-state index in [4.69, 9.17) is 0 Å². The molecule has 1 aromatic carbocycles. The van der Waals surface area contributed by atoms with Gasteiger partial charge in [0.2, 0.25) is 11.7 Å². The number of aromatic nitrogens is 2. The van der Waals surface area contributed by atoms with E-state index in [1.807, 2.05) is 0 Å². The number of fused-ring (bicyclic) bond motifs is 1. The van der Waals surface area contributed by atoms with Crippen molar-refractivity contribution in [3.05, 3.63) is 30.1 Å². The number of thioether (sulfide) groups is 1. The molecule has 1 atom stereocenters. The first kappa shape index (κ1) is 18.0. The summed E-state index contributed by atoms with van der Waals surface area (Å²) in [6, 6.07) is 6.54. The molecule has 2 heterocycles. The number of nitrogens with zero attached hydrogens (tertiary/aromatic N) is 3. The van der Waals surface area contributed by atoms with E-state index in [1.54, 1.807) is 23.1 Å². The van der Waals surface area contributed by atoms with Gasteiger partial charge in [0.15, 0.2) is 0 Å². The first-order chi connectivity index (χ1) is 11.8. The number of alkyl halides is 3. The van der Waals surface area contributed by atoms with Gasteiger partial charge in [-0.1, -0.05) is 36.9 Å². The number of likely N-dealkylation sites (tertiary alicyclic amines) is 1. The molecule has 1 saturated heterocycles. The fourth-order valence-electron chi connectivity index (χ4n) is 2.92. The average molecular weight is 369 g/mol. The maximum Gasteiger partial charge on any atom is 0.451 e. The average Bonchev–Trinajstić information content (AvgIpc) is 2.58. The highest BCUT2D eigenvalue weighted by molar-refractivity contribution is 8.00. The minimum Gasteiger partial charge on any atom is -0.342 e. The van der Waals surface area contributed by atoms with Crippen molar-refractivity contribution < 1.29 is 18.0 Å². The Morgan fingerprint density at radius 3 is 2.80 bits per heavy atom. The quantitative estimate of drug-likeness (QED) is 0.606. The normalized spacial score (nSPS) is 18.6. The van der Waals surface area contributed by atoms with Crippen LogP contribution in [0, 0.1) is 5.92 Å². The Morgan fingerprint density at radius 1 is 1.32 bits per heavy atom. The molecule has 1 amide bonds. The van der Waals surface area contributed by atoms with Crippen LogP contribution >= 0.6 is 11.8 Å². The summed E-state index contributed by atoms with van der Waals surface area (Å²) in [4.78, 5) is 21.4. The van der Waals surface area contributed by atoms with Crippen LogP contribution in [0.25, 0.3) is 10.9 Å². The number of halogens is 3. The van der Waals surface area contributed by atoms with Gasteiger partial charge in [0.1, 0.15) is 5.03 Å². The topological polar surface area (TPSA) is 46.1 Å². The lowest BCUT2D eigenvalue weighted by Crippen LogP contribution is -2.40. The molecule has 1 aliphatic rings. The molecule has 1 aromatic heterocycles. The first-order valence-electron chi connectivity index (χ1n) is 8.09. The highest BCUT2D eigenvalue weighted by atomic mass is 32.2. The number of amides is 1. The van der Waals surface area contributed by atoms with Crippen molar-refractivity contribution >= 4 is 28.6 Å². The summed E-state index contributed by atoms with van der Waals surface area (Å²) in [6.07, 6.45) is -2.56.